The third-order valence-electron chi connectivity index (χ3n) is 3.83. The van der Waals surface area contributed by atoms with Crippen molar-refractivity contribution in [2.45, 2.75) is 6.42 Å². The summed E-state index contributed by atoms with van der Waals surface area (Å²) in [6.45, 7) is 0. The van der Waals surface area contributed by atoms with Gasteiger partial charge in [-0.2, -0.15) is 0 Å². The van der Waals surface area contributed by atoms with Crippen molar-refractivity contribution in [3.05, 3.63) is 70.7 Å². The van der Waals surface area contributed by atoms with Crippen molar-refractivity contribution in [2.24, 2.45) is 0 Å². The Kier molecular flexibility index (Phi) is 4.04. The molecule has 0 saturated heterocycles. The van der Waals surface area contributed by atoms with Crippen LogP contribution in [0.15, 0.2) is 65.1 Å². The van der Waals surface area contributed by atoms with Crippen LogP contribution in [0.2, 0.25) is 0 Å². The van der Waals surface area contributed by atoms with Crippen LogP contribution in [0.25, 0.3) is 21.0 Å². The van der Waals surface area contributed by atoms with Gasteiger partial charge in [-0.3, -0.25) is 4.79 Å². The van der Waals surface area contributed by atoms with Crippen LogP contribution in [0, 0.1) is 0 Å². The quantitative estimate of drug-likeness (QED) is 0.504. The lowest BCUT2D eigenvalue weighted by Gasteiger charge is -2.06. The average Bonchev–Trinajstić information content (AvgIpc) is 2.96. The molecule has 3 aromatic carbocycles. The topological polar surface area (TPSA) is 42.0 Å². The van der Waals surface area contributed by atoms with Crippen molar-refractivity contribution in [3.63, 3.8) is 0 Å². The fourth-order valence-electron chi connectivity index (χ4n) is 2.73. The normalized spacial score (nSPS) is 11.0. The van der Waals surface area contributed by atoms with Gasteiger partial charge in [0.05, 0.1) is 16.6 Å². The van der Waals surface area contributed by atoms with E-state index < -0.39 is 0 Å². The van der Waals surface area contributed by atoms with E-state index in [1.807, 2.05) is 48.5 Å². The van der Waals surface area contributed by atoms with Gasteiger partial charge in [0, 0.05) is 4.47 Å². The summed E-state index contributed by atoms with van der Waals surface area (Å²) in [4.78, 5) is 16.9. The Labute approximate surface area is 151 Å². The third-order valence-corrected chi connectivity index (χ3v) is 5.25. The summed E-state index contributed by atoms with van der Waals surface area (Å²) in [5, 5.41) is 5.81. The molecule has 3 nitrogen and oxygen atoms in total. The van der Waals surface area contributed by atoms with Gasteiger partial charge in [-0.25, -0.2) is 4.98 Å². The third kappa shape index (κ3) is 3.05. The lowest BCUT2D eigenvalue weighted by atomic mass is 10.0. The van der Waals surface area contributed by atoms with E-state index in [4.69, 9.17) is 0 Å². The molecule has 0 spiro atoms. The van der Waals surface area contributed by atoms with E-state index in [9.17, 15) is 4.79 Å². The molecule has 5 heteroatoms. The maximum atomic E-state index is 12.4. The number of benzene rings is 3. The number of nitrogens with zero attached hydrogens (tertiary/aromatic N) is 1. The summed E-state index contributed by atoms with van der Waals surface area (Å²) < 4.78 is 2.05. The molecule has 0 unspecified atom stereocenters. The van der Waals surface area contributed by atoms with E-state index in [0.29, 0.717) is 11.6 Å². The summed E-state index contributed by atoms with van der Waals surface area (Å²) in [6, 6.07) is 20.0. The highest BCUT2D eigenvalue weighted by Gasteiger charge is 2.10. The zero-order valence-electron chi connectivity index (χ0n) is 12.6. The second kappa shape index (κ2) is 6.34. The molecule has 0 saturated carbocycles. The van der Waals surface area contributed by atoms with Crippen LogP contribution in [-0.2, 0) is 11.2 Å². The number of aromatic nitrogens is 1. The molecule has 1 N–H and O–H groups in total. The molecule has 1 amide bonds. The SMILES string of the molecule is O=C(Cc1cccc2ccccc12)Nc1nc2ccc(Br)cc2s1. The Morgan fingerprint density at radius 1 is 1.08 bits per heavy atom. The maximum Gasteiger partial charge on any atom is 0.230 e. The largest absolute Gasteiger partial charge is 0.302 e. The predicted molar refractivity (Wildman–Crippen MR) is 104 cm³/mol. The minimum atomic E-state index is -0.0514. The second-order valence-electron chi connectivity index (χ2n) is 5.49. The molecule has 0 bridgehead atoms. The van der Waals surface area contributed by atoms with Gasteiger partial charge >= 0.3 is 0 Å². The van der Waals surface area contributed by atoms with E-state index >= 15 is 0 Å². The molecule has 4 aromatic rings. The van der Waals surface area contributed by atoms with Gasteiger partial charge in [-0.05, 0) is 34.5 Å². The fourth-order valence-corrected chi connectivity index (χ4v) is 4.17. The lowest BCUT2D eigenvalue weighted by Crippen LogP contribution is -2.14. The standard InChI is InChI=1S/C19H13BrN2OS/c20-14-8-9-16-17(11-14)24-19(21-16)22-18(23)10-13-6-3-5-12-4-1-2-7-15(12)13/h1-9,11H,10H2,(H,21,22,23). The Bertz CT molecular complexity index is 1050. The van der Waals surface area contributed by atoms with Gasteiger partial charge in [-0.1, -0.05) is 69.7 Å². The van der Waals surface area contributed by atoms with Crippen molar-refractivity contribution >= 4 is 59.3 Å². The van der Waals surface area contributed by atoms with Gasteiger partial charge in [0.2, 0.25) is 5.91 Å². The molecule has 0 atom stereocenters. The second-order valence-corrected chi connectivity index (χ2v) is 7.44. The van der Waals surface area contributed by atoms with Gasteiger partial charge in [0.1, 0.15) is 0 Å². The zero-order chi connectivity index (χ0) is 16.5. The number of hydrogen-bond donors (Lipinski definition) is 1. The smallest absolute Gasteiger partial charge is 0.230 e. The highest BCUT2D eigenvalue weighted by atomic mass is 79.9. The summed E-state index contributed by atoms with van der Waals surface area (Å²) in [5.74, 6) is -0.0514. The van der Waals surface area contributed by atoms with Gasteiger partial charge < -0.3 is 5.32 Å². The molecule has 0 radical (unpaired) electrons. The van der Waals surface area contributed by atoms with Crippen LogP contribution in [-0.4, -0.2) is 10.9 Å². The van der Waals surface area contributed by atoms with Crippen molar-refractivity contribution in [3.8, 4) is 0 Å². The Balaban J connectivity index is 1.57. The molecule has 118 valence electrons. The maximum absolute atomic E-state index is 12.4. The van der Waals surface area contributed by atoms with E-state index in [2.05, 4.69) is 38.4 Å². The molecule has 0 aliphatic rings. The molecular weight excluding hydrogens is 384 g/mol. The number of fused-ring (bicyclic) bond motifs is 2. The van der Waals surface area contributed by atoms with Crippen LogP contribution in [0.1, 0.15) is 5.56 Å². The van der Waals surface area contributed by atoms with Crippen molar-refractivity contribution in [1.82, 2.24) is 4.98 Å². The summed E-state index contributed by atoms with van der Waals surface area (Å²) >= 11 is 4.93. The first-order chi connectivity index (χ1) is 11.7. The molecule has 1 aromatic heterocycles. The number of halogens is 1. The molecule has 0 fully saturated rings. The van der Waals surface area contributed by atoms with Crippen LogP contribution in [0.5, 0.6) is 0 Å². The zero-order valence-corrected chi connectivity index (χ0v) is 15.0. The van der Waals surface area contributed by atoms with Crippen LogP contribution >= 0.6 is 27.3 Å². The van der Waals surface area contributed by atoms with Gasteiger partial charge in [0.25, 0.3) is 0 Å². The number of hydrogen-bond acceptors (Lipinski definition) is 3. The minimum absolute atomic E-state index is 0.0514. The van der Waals surface area contributed by atoms with Crippen LogP contribution in [0.4, 0.5) is 5.13 Å². The van der Waals surface area contributed by atoms with Crippen molar-refractivity contribution < 1.29 is 4.79 Å². The first-order valence-electron chi connectivity index (χ1n) is 7.52. The number of anilines is 1. The minimum Gasteiger partial charge on any atom is -0.302 e. The Hall–Kier alpha value is -2.24. The molecular formula is C19H13BrN2OS. The first-order valence-corrected chi connectivity index (χ1v) is 9.12. The van der Waals surface area contributed by atoms with E-state index in [1.165, 1.54) is 11.3 Å². The number of carbonyl (C=O) groups excluding carboxylic acids is 1. The van der Waals surface area contributed by atoms with E-state index in [1.54, 1.807) is 0 Å². The number of rotatable bonds is 3. The molecule has 4 rings (SSSR count). The molecule has 0 aliphatic heterocycles. The fraction of sp³-hybridized carbons (Fsp3) is 0.0526. The monoisotopic (exact) mass is 396 g/mol. The molecule has 1 heterocycles. The highest BCUT2D eigenvalue weighted by molar-refractivity contribution is 9.10. The van der Waals surface area contributed by atoms with E-state index in [-0.39, 0.29) is 5.91 Å². The first kappa shape index (κ1) is 15.3. The Morgan fingerprint density at radius 2 is 1.92 bits per heavy atom. The van der Waals surface area contributed by atoms with E-state index in [0.717, 1.165) is 31.0 Å². The van der Waals surface area contributed by atoms with Gasteiger partial charge in [0.15, 0.2) is 5.13 Å². The number of amides is 1. The van der Waals surface area contributed by atoms with Crippen LogP contribution in [0.3, 0.4) is 0 Å². The number of nitrogens with one attached hydrogen (secondary N) is 1. The van der Waals surface area contributed by atoms with Gasteiger partial charge in [-0.15, -0.1) is 0 Å². The van der Waals surface area contributed by atoms with Crippen LogP contribution < -0.4 is 5.32 Å². The average molecular weight is 397 g/mol. The summed E-state index contributed by atoms with van der Waals surface area (Å²) in [6.07, 6.45) is 0.334. The summed E-state index contributed by atoms with van der Waals surface area (Å²) in [5.41, 5.74) is 1.91. The lowest BCUT2D eigenvalue weighted by molar-refractivity contribution is -0.115. The number of carbonyl (C=O) groups is 1. The Morgan fingerprint density at radius 3 is 2.83 bits per heavy atom. The summed E-state index contributed by atoms with van der Waals surface area (Å²) in [7, 11) is 0. The molecule has 24 heavy (non-hydrogen) atoms. The van der Waals surface area contributed by atoms with Crippen molar-refractivity contribution in [2.75, 3.05) is 5.32 Å². The van der Waals surface area contributed by atoms with Crippen molar-refractivity contribution in [1.29, 1.82) is 0 Å². The molecule has 0 aliphatic carbocycles. The highest BCUT2D eigenvalue weighted by Crippen LogP contribution is 2.28. The number of thiazole rings is 1. The predicted octanol–water partition coefficient (Wildman–Crippen LogP) is 5.39.